The Kier molecular flexibility index (Phi) is 14.5. The van der Waals surface area contributed by atoms with Crippen molar-refractivity contribution in [3.05, 3.63) is 0 Å². The normalized spacial score (nSPS) is 37.5. The van der Waals surface area contributed by atoms with Gasteiger partial charge in [-0.3, -0.25) is 0 Å². The van der Waals surface area contributed by atoms with Crippen molar-refractivity contribution in [2.45, 2.75) is 139 Å². The molecule has 10 atom stereocenters. The molecule has 0 aromatic carbocycles. The van der Waals surface area contributed by atoms with E-state index in [2.05, 4.69) is 6.92 Å². The molecule has 0 aromatic rings. The number of hydrogen-bond donors (Lipinski definition) is 8. The Labute approximate surface area is 212 Å². The molecule has 0 aliphatic carbocycles. The highest BCUT2D eigenvalue weighted by atomic mass is 16.8. The van der Waals surface area contributed by atoms with Crippen LogP contribution in [0.15, 0.2) is 0 Å². The molecule has 12 heteroatoms. The van der Waals surface area contributed by atoms with E-state index in [1.807, 2.05) is 0 Å². The fourth-order valence-corrected chi connectivity index (χ4v) is 4.45. The van der Waals surface area contributed by atoms with E-state index in [4.69, 9.17) is 18.9 Å². The van der Waals surface area contributed by atoms with Gasteiger partial charge in [0.2, 0.25) is 0 Å². The fourth-order valence-electron chi connectivity index (χ4n) is 4.45. The van der Waals surface area contributed by atoms with E-state index in [9.17, 15) is 40.9 Å². The Morgan fingerprint density at radius 1 is 0.556 bits per heavy atom. The summed E-state index contributed by atoms with van der Waals surface area (Å²) in [5, 5.41) is 79.6. The van der Waals surface area contributed by atoms with Gasteiger partial charge in [-0.2, -0.15) is 0 Å². The van der Waals surface area contributed by atoms with E-state index in [-0.39, 0.29) is 6.42 Å². The predicted octanol–water partition coefficient (Wildman–Crippen LogP) is -1.13. The first-order valence-corrected chi connectivity index (χ1v) is 13.2. The molecular weight excluding hydrogens is 480 g/mol. The first-order chi connectivity index (χ1) is 17.2. The first-order valence-electron chi connectivity index (χ1n) is 13.2. The third-order valence-corrected chi connectivity index (χ3v) is 6.81. The summed E-state index contributed by atoms with van der Waals surface area (Å²) in [6.07, 6.45) is -6.16. The topological polar surface area (TPSA) is 199 Å². The molecule has 12 nitrogen and oxygen atoms in total. The lowest BCUT2D eigenvalue weighted by Crippen LogP contribution is -2.61. The molecule has 8 N–H and O–H groups in total. The summed E-state index contributed by atoms with van der Waals surface area (Å²) in [4.78, 5) is 0. The highest BCUT2D eigenvalue weighted by Crippen LogP contribution is 2.28. The van der Waals surface area contributed by atoms with Crippen LogP contribution in [0.5, 0.6) is 0 Å². The van der Waals surface area contributed by atoms with Crippen LogP contribution in [0, 0.1) is 0 Å². The molecule has 214 valence electrons. The molecule has 0 saturated carbocycles. The lowest BCUT2D eigenvalue weighted by molar-refractivity contribution is -0.378. The Morgan fingerprint density at radius 3 is 1.33 bits per heavy atom. The van der Waals surface area contributed by atoms with Gasteiger partial charge >= 0.3 is 0 Å². The molecule has 2 aliphatic rings. The maximum Gasteiger partial charge on any atom is 0.189 e. The lowest BCUT2D eigenvalue weighted by atomic mass is 9.99. The van der Waals surface area contributed by atoms with Gasteiger partial charge in [0.05, 0.1) is 13.2 Å². The van der Waals surface area contributed by atoms with E-state index in [0.717, 1.165) is 25.7 Å². The number of ether oxygens (including phenoxy) is 4. The summed E-state index contributed by atoms with van der Waals surface area (Å²) in [6, 6.07) is 0. The van der Waals surface area contributed by atoms with Crippen molar-refractivity contribution in [2.75, 3.05) is 13.2 Å². The smallest absolute Gasteiger partial charge is 0.189 e. The molecule has 2 fully saturated rings. The zero-order valence-corrected chi connectivity index (χ0v) is 21.0. The monoisotopic (exact) mass is 526 g/mol. The largest absolute Gasteiger partial charge is 0.394 e. The molecule has 2 rings (SSSR count). The highest BCUT2D eigenvalue weighted by Gasteiger charge is 2.47. The summed E-state index contributed by atoms with van der Waals surface area (Å²) in [6.45, 7) is 0.928. The summed E-state index contributed by atoms with van der Waals surface area (Å²) in [7, 11) is 0. The minimum atomic E-state index is -1.65. The zero-order chi connectivity index (χ0) is 26.7. The zero-order valence-electron chi connectivity index (χ0n) is 21.0. The molecule has 0 amide bonds. The Morgan fingerprint density at radius 2 is 0.944 bits per heavy atom. The van der Waals surface area contributed by atoms with Crippen LogP contribution in [-0.4, -0.2) is 122 Å². The van der Waals surface area contributed by atoms with Gasteiger partial charge in [0, 0.05) is 0 Å². The summed E-state index contributed by atoms with van der Waals surface area (Å²) >= 11 is 0. The quantitative estimate of drug-likeness (QED) is 0.0890. The SMILES string of the molecule is CCCCCCCCCCCC(O[C@H]1O[C@H](CO)[C@@H](O)[C@H](O)[C@@H]1O)O[C@H]1O[C@H](CO)[C@@H](O)[C@H](O)[C@@H]1O. The van der Waals surface area contributed by atoms with Crippen LogP contribution < -0.4 is 0 Å². The van der Waals surface area contributed by atoms with E-state index in [0.29, 0.717) is 6.42 Å². The summed E-state index contributed by atoms with van der Waals surface area (Å²) in [5.41, 5.74) is 0. The van der Waals surface area contributed by atoms with E-state index in [1.54, 1.807) is 0 Å². The Bertz CT molecular complexity index is 541. The van der Waals surface area contributed by atoms with E-state index in [1.165, 1.54) is 25.7 Å². The molecule has 0 bridgehead atoms. The molecule has 2 saturated heterocycles. The van der Waals surface area contributed by atoms with Crippen LogP contribution in [0.2, 0.25) is 0 Å². The molecule has 2 aliphatic heterocycles. The highest BCUT2D eigenvalue weighted by molar-refractivity contribution is 4.90. The van der Waals surface area contributed by atoms with Crippen molar-refractivity contribution in [3.8, 4) is 0 Å². The van der Waals surface area contributed by atoms with Gasteiger partial charge in [-0.15, -0.1) is 0 Å². The van der Waals surface area contributed by atoms with E-state index < -0.39 is 80.9 Å². The lowest BCUT2D eigenvalue weighted by Gasteiger charge is -2.43. The molecule has 0 aromatic heterocycles. The standard InChI is InChI=1S/C24H46O12/c1-2-3-4-5-6-7-8-9-10-11-16(35-23-21(31)19(29)17(27)14(12-25)33-23)36-24-22(32)20(30)18(28)15(13-26)34-24/h14-32H,2-13H2,1H3/t14-,15-,17-,18-,19+,20+,21+,22+,23-,24-/m1/s1. The summed E-state index contributed by atoms with van der Waals surface area (Å²) < 4.78 is 22.3. The van der Waals surface area contributed by atoms with Crippen LogP contribution >= 0.6 is 0 Å². The minimum absolute atomic E-state index is 0.278. The third kappa shape index (κ3) is 9.07. The van der Waals surface area contributed by atoms with Gasteiger partial charge in [-0.05, 0) is 12.8 Å². The summed E-state index contributed by atoms with van der Waals surface area (Å²) in [5.74, 6) is 0. The van der Waals surface area contributed by atoms with Crippen molar-refractivity contribution >= 4 is 0 Å². The molecule has 2 heterocycles. The number of aliphatic hydroxyl groups excluding tert-OH is 8. The van der Waals surface area contributed by atoms with E-state index >= 15 is 0 Å². The van der Waals surface area contributed by atoms with Gasteiger partial charge in [-0.25, -0.2) is 0 Å². The number of aliphatic hydroxyl groups is 8. The average Bonchev–Trinajstić information content (AvgIpc) is 2.87. The Hall–Kier alpha value is -0.480. The molecule has 0 radical (unpaired) electrons. The third-order valence-electron chi connectivity index (χ3n) is 6.81. The van der Waals surface area contributed by atoms with Gasteiger partial charge in [0.25, 0.3) is 0 Å². The van der Waals surface area contributed by atoms with Crippen LogP contribution in [0.4, 0.5) is 0 Å². The fraction of sp³-hybridized carbons (Fsp3) is 1.00. The molecule has 0 spiro atoms. The second-order valence-corrected chi connectivity index (χ2v) is 9.71. The molecule has 36 heavy (non-hydrogen) atoms. The van der Waals surface area contributed by atoms with Crippen molar-refractivity contribution < 1.29 is 59.8 Å². The predicted molar refractivity (Wildman–Crippen MR) is 125 cm³/mol. The number of rotatable bonds is 16. The second kappa shape index (κ2) is 16.5. The van der Waals surface area contributed by atoms with Gasteiger partial charge in [0.1, 0.15) is 48.8 Å². The Balaban J connectivity index is 1.97. The van der Waals surface area contributed by atoms with Crippen LogP contribution in [0.3, 0.4) is 0 Å². The second-order valence-electron chi connectivity index (χ2n) is 9.71. The molecular formula is C24H46O12. The average molecular weight is 527 g/mol. The van der Waals surface area contributed by atoms with Crippen molar-refractivity contribution in [1.82, 2.24) is 0 Å². The van der Waals surface area contributed by atoms with Gasteiger partial charge < -0.3 is 59.8 Å². The van der Waals surface area contributed by atoms with Crippen molar-refractivity contribution in [3.63, 3.8) is 0 Å². The maximum absolute atomic E-state index is 10.3. The van der Waals surface area contributed by atoms with Crippen LogP contribution in [-0.2, 0) is 18.9 Å². The first kappa shape index (κ1) is 31.7. The van der Waals surface area contributed by atoms with Gasteiger partial charge in [-0.1, -0.05) is 58.3 Å². The number of hydrogen-bond acceptors (Lipinski definition) is 12. The minimum Gasteiger partial charge on any atom is -0.394 e. The van der Waals surface area contributed by atoms with Crippen molar-refractivity contribution in [2.24, 2.45) is 0 Å². The number of unbranched alkanes of at least 4 members (excludes halogenated alkanes) is 8. The maximum atomic E-state index is 10.3. The van der Waals surface area contributed by atoms with Crippen molar-refractivity contribution in [1.29, 1.82) is 0 Å². The van der Waals surface area contributed by atoms with Crippen LogP contribution in [0.1, 0.15) is 71.1 Å². The van der Waals surface area contributed by atoms with Gasteiger partial charge in [0.15, 0.2) is 18.9 Å². The molecule has 0 unspecified atom stereocenters. The van der Waals surface area contributed by atoms with Crippen LogP contribution in [0.25, 0.3) is 0 Å².